The number of sulfonamides is 1. The van der Waals surface area contributed by atoms with E-state index in [4.69, 9.17) is 4.74 Å². The summed E-state index contributed by atoms with van der Waals surface area (Å²) in [6.07, 6.45) is 1.61. The van der Waals surface area contributed by atoms with E-state index in [0.29, 0.717) is 23.7 Å². The van der Waals surface area contributed by atoms with Crippen LogP contribution in [0.4, 0.5) is 11.4 Å². The van der Waals surface area contributed by atoms with Gasteiger partial charge in [0, 0.05) is 23.9 Å². The standard InChI is InChI=1S/C23H22N2O4S/c1-29-20-11-5-10-19(16-20)24-23(26)18-8-4-12-21(15-18)30(27,28)25-14-6-9-17-7-2-3-13-22(17)25/h2-5,7-8,10-13,15-16H,6,9,14H2,1H3,(H,24,26). The van der Waals surface area contributed by atoms with Gasteiger partial charge in [-0.05, 0) is 54.8 Å². The van der Waals surface area contributed by atoms with E-state index in [2.05, 4.69) is 5.32 Å². The minimum absolute atomic E-state index is 0.0949. The molecule has 0 radical (unpaired) electrons. The summed E-state index contributed by atoms with van der Waals surface area (Å²) in [5, 5.41) is 2.78. The van der Waals surface area contributed by atoms with Gasteiger partial charge < -0.3 is 10.1 Å². The Hall–Kier alpha value is -3.32. The van der Waals surface area contributed by atoms with Gasteiger partial charge in [0.25, 0.3) is 15.9 Å². The lowest BCUT2D eigenvalue weighted by molar-refractivity contribution is 0.102. The fourth-order valence-electron chi connectivity index (χ4n) is 3.58. The molecule has 0 aliphatic carbocycles. The van der Waals surface area contributed by atoms with E-state index >= 15 is 0 Å². The van der Waals surface area contributed by atoms with Crippen LogP contribution >= 0.6 is 0 Å². The fraction of sp³-hybridized carbons (Fsp3) is 0.174. The van der Waals surface area contributed by atoms with Crippen LogP contribution in [-0.2, 0) is 16.4 Å². The normalized spacial score (nSPS) is 13.4. The van der Waals surface area contributed by atoms with Gasteiger partial charge in [-0.3, -0.25) is 9.10 Å². The van der Waals surface area contributed by atoms with Gasteiger partial charge in [0.2, 0.25) is 0 Å². The van der Waals surface area contributed by atoms with Gasteiger partial charge in [0.05, 0.1) is 17.7 Å². The SMILES string of the molecule is COc1cccc(NC(=O)c2cccc(S(=O)(=O)N3CCCc4ccccc43)c2)c1. The van der Waals surface area contributed by atoms with Gasteiger partial charge in [-0.1, -0.05) is 30.3 Å². The van der Waals surface area contributed by atoms with Crippen LogP contribution in [0.3, 0.4) is 0 Å². The highest BCUT2D eigenvalue weighted by atomic mass is 32.2. The zero-order chi connectivity index (χ0) is 21.1. The van der Waals surface area contributed by atoms with Crippen molar-refractivity contribution >= 4 is 27.3 Å². The minimum atomic E-state index is -3.78. The Morgan fingerprint density at radius 2 is 1.80 bits per heavy atom. The minimum Gasteiger partial charge on any atom is -0.497 e. The van der Waals surface area contributed by atoms with Crippen LogP contribution in [0.15, 0.2) is 77.7 Å². The molecule has 154 valence electrons. The number of carbonyl (C=O) groups excluding carboxylic acids is 1. The second-order valence-corrected chi connectivity index (χ2v) is 8.89. The lowest BCUT2D eigenvalue weighted by atomic mass is 10.0. The molecule has 1 aliphatic rings. The highest BCUT2D eigenvalue weighted by molar-refractivity contribution is 7.92. The fourth-order valence-corrected chi connectivity index (χ4v) is 5.17. The molecule has 0 spiro atoms. The average molecular weight is 423 g/mol. The van der Waals surface area contributed by atoms with E-state index in [1.165, 1.54) is 16.4 Å². The number of nitrogens with zero attached hydrogens (tertiary/aromatic N) is 1. The second kappa shape index (κ2) is 8.20. The summed E-state index contributed by atoms with van der Waals surface area (Å²) in [5.41, 5.74) is 2.55. The molecule has 1 aliphatic heterocycles. The number of anilines is 2. The van der Waals surface area contributed by atoms with Crippen LogP contribution in [0.1, 0.15) is 22.3 Å². The first-order valence-corrected chi connectivity index (χ1v) is 11.1. The number of aryl methyl sites for hydroxylation is 1. The summed E-state index contributed by atoms with van der Waals surface area (Å²) < 4.78 is 33.3. The predicted molar refractivity (Wildman–Crippen MR) is 117 cm³/mol. The van der Waals surface area contributed by atoms with Gasteiger partial charge in [-0.15, -0.1) is 0 Å². The highest BCUT2D eigenvalue weighted by Crippen LogP contribution is 2.32. The van der Waals surface area contributed by atoms with Crippen LogP contribution in [0.5, 0.6) is 5.75 Å². The van der Waals surface area contributed by atoms with Gasteiger partial charge >= 0.3 is 0 Å². The Kier molecular flexibility index (Phi) is 5.46. The number of ether oxygens (including phenoxy) is 1. The maximum absolute atomic E-state index is 13.3. The third-order valence-electron chi connectivity index (χ3n) is 5.08. The number of amides is 1. The van der Waals surface area contributed by atoms with E-state index in [0.717, 1.165) is 18.4 Å². The van der Waals surface area contributed by atoms with Crippen LogP contribution in [0.2, 0.25) is 0 Å². The summed E-state index contributed by atoms with van der Waals surface area (Å²) in [6, 6.07) is 20.6. The maximum atomic E-state index is 13.3. The molecule has 6 nitrogen and oxygen atoms in total. The Labute approximate surface area is 176 Å². The van der Waals surface area contributed by atoms with Crippen molar-refractivity contribution in [3.8, 4) is 5.75 Å². The lowest BCUT2D eigenvalue weighted by Crippen LogP contribution is -2.35. The molecule has 0 saturated heterocycles. The van der Waals surface area contributed by atoms with Crippen molar-refractivity contribution < 1.29 is 17.9 Å². The summed E-state index contributed by atoms with van der Waals surface area (Å²) >= 11 is 0. The Morgan fingerprint density at radius 3 is 2.63 bits per heavy atom. The van der Waals surface area contributed by atoms with E-state index in [1.54, 1.807) is 43.5 Å². The Bertz CT molecular complexity index is 1190. The first kappa shape index (κ1) is 20.0. The number of rotatable bonds is 5. The highest BCUT2D eigenvalue weighted by Gasteiger charge is 2.29. The number of hydrogen-bond acceptors (Lipinski definition) is 4. The maximum Gasteiger partial charge on any atom is 0.264 e. The molecular weight excluding hydrogens is 400 g/mol. The van der Waals surface area contributed by atoms with Crippen LogP contribution in [0.25, 0.3) is 0 Å². The molecule has 0 unspecified atom stereocenters. The second-order valence-electron chi connectivity index (χ2n) is 7.02. The number of benzene rings is 3. The van der Waals surface area contributed by atoms with Gasteiger partial charge in [-0.2, -0.15) is 0 Å². The molecule has 0 aromatic heterocycles. The molecule has 3 aromatic rings. The Balaban J connectivity index is 1.62. The third kappa shape index (κ3) is 3.89. The molecule has 4 rings (SSSR count). The summed E-state index contributed by atoms with van der Waals surface area (Å²) in [7, 11) is -2.23. The molecule has 0 bridgehead atoms. The van der Waals surface area contributed by atoms with Crippen molar-refractivity contribution in [2.24, 2.45) is 0 Å². The Morgan fingerprint density at radius 1 is 1.00 bits per heavy atom. The summed E-state index contributed by atoms with van der Waals surface area (Å²) in [5.74, 6) is 0.229. The molecule has 7 heteroatoms. The van der Waals surface area contributed by atoms with Crippen LogP contribution in [0, 0.1) is 0 Å². The summed E-state index contributed by atoms with van der Waals surface area (Å²) in [4.78, 5) is 12.8. The number of methoxy groups -OCH3 is 1. The monoisotopic (exact) mass is 422 g/mol. The van der Waals surface area contributed by atoms with Crippen molar-refractivity contribution in [1.29, 1.82) is 0 Å². The first-order chi connectivity index (χ1) is 14.5. The molecule has 1 N–H and O–H groups in total. The summed E-state index contributed by atoms with van der Waals surface area (Å²) in [6.45, 7) is 0.416. The average Bonchev–Trinajstić information content (AvgIpc) is 2.79. The van der Waals surface area contributed by atoms with Gasteiger partial charge in [0.15, 0.2) is 0 Å². The van der Waals surface area contributed by atoms with Crippen molar-refractivity contribution in [3.63, 3.8) is 0 Å². The van der Waals surface area contributed by atoms with Crippen molar-refractivity contribution in [1.82, 2.24) is 0 Å². The number of carbonyl (C=O) groups is 1. The van der Waals surface area contributed by atoms with E-state index in [-0.39, 0.29) is 16.4 Å². The zero-order valence-corrected chi connectivity index (χ0v) is 17.4. The predicted octanol–water partition coefficient (Wildman–Crippen LogP) is 4.09. The van der Waals surface area contributed by atoms with Crippen molar-refractivity contribution in [3.05, 3.63) is 83.9 Å². The third-order valence-corrected chi connectivity index (χ3v) is 6.89. The molecule has 0 atom stereocenters. The van der Waals surface area contributed by atoms with Crippen LogP contribution < -0.4 is 14.4 Å². The van der Waals surface area contributed by atoms with Gasteiger partial charge in [-0.25, -0.2) is 8.42 Å². The van der Waals surface area contributed by atoms with E-state index in [9.17, 15) is 13.2 Å². The van der Waals surface area contributed by atoms with E-state index < -0.39 is 10.0 Å². The first-order valence-electron chi connectivity index (χ1n) is 9.65. The van der Waals surface area contributed by atoms with Gasteiger partial charge in [0.1, 0.15) is 5.75 Å². The molecule has 3 aromatic carbocycles. The molecule has 1 heterocycles. The van der Waals surface area contributed by atoms with E-state index in [1.807, 2.05) is 24.3 Å². The topological polar surface area (TPSA) is 75.7 Å². The quantitative estimate of drug-likeness (QED) is 0.672. The smallest absolute Gasteiger partial charge is 0.264 e. The van der Waals surface area contributed by atoms with Crippen molar-refractivity contribution in [2.75, 3.05) is 23.3 Å². The largest absolute Gasteiger partial charge is 0.497 e. The number of hydrogen-bond donors (Lipinski definition) is 1. The molecule has 30 heavy (non-hydrogen) atoms. The number of fused-ring (bicyclic) bond motifs is 1. The zero-order valence-electron chi connectivity index (χ0n) is 16.5. The number of para-hydroxylation sites is 1. The molecular formula is C23H22N2O4S. The molecule has 1 amide bonds. The van der Waals surface area contributed by atoms with Crippen molar-refractivity contribution in [2.45, 2.75) is 17.7 Å². The molecule has 0 saturated carbocycles. The van der Waals surface area contributed by atoms with Crippen LogP contribution in [-0.4, -0.2) is 28.0 Å². The molecule has 0 fully saturated rings. The number of nitrogens with one attached hydrogen (secondary N) is 1. The lowest BCUT2D eigenvalue weighted by Gasteiger charge is -2.30.